The predicted molar refractivity (Wildman–Crippen MR) is 102 cm³/mol. The van der Waals surface area contributed by atoms with E-state index in [0.717, 1.165) is 17.7 Å². The highest BCUT2D eigenvalue weighted by molar-refractivity contribution is 6.31. The molecule has 0 unspecified atom stereocenters. The Labute approximate surface area is 166 Å². The van der Waals surface area contributed by atoms with Gasteiger partial charge in [-0.15, -0.1) is 0 Å². The summed E-state index contributed by atoms with van der Waals surface area (Å²) in [5.74, 6) is -1.35. The quantitative estimate of drug-likeness (QED) is 0.721. The van der Waals surface area contributed by atoms with Gasteiger partial charge in [0, 0.05) is 11.3 Å². The van der Waals surface area contributed by atoms with E-state index in [-0.39, 0.29) is 11.6 Å². The second kappa shape index (κ2) is 8.65. The van der Waals surface area contributed by atoms with Gasteiger partial charge in [-0.3, -0.25) is 9.59 Å². The molecular formula is C20H20ClF3N2O2. The lowest BCUT2D eigenvalue weighted by Gasteiger charge is -2.22. The summed E-state index contributed by atoms with van der Waals surface area (Å²) in [7, 11) is 0. The molecule has 1 atom stereocenters. The van der Waals surface area contributed by atoms with E-state index in [0.29, 0.717) is 5.56 Å². The third-order valence-electron chi connectivity index (χ3n) is 4.09. The van der Waals surface area contributed by atoms with Gasteiger partial charge in [0.2, 0.25) is 5.91 Å². The summed E-state index contributed by atoms with van der Waals surface area (Å²) in [6.07, 6.45) is -4.64. The molecule has 0 saturated carbocycles. The maximum absolute atomic E-state index is 13.0. The van der Waals surface area contributed by atoms with Crippen molar-refractivity contribution in [3.63, 3.8) is 0 Å². The fraction of sp³-hybridized carbons (Fsp3) is 0.300. The molecule has 28 heavy (non-hydrogen) atoms. The molecule has 0 aliphatic heterocycles. The average Bonchev–Trinajstić information content (AvgIpc) is 2.60. The largest absolute Gasteiger partial charge is 0.417 e. The number of benzene rings is 2. The van der Waals surface area contributed by atoms with Crippen LogP contribution in [0.15, 0.2) is 42.5 Å². The number of halogens is 4. The Morgan fingerprint density at radius 1 is 1.04 bits per heavy atom. The molecular weight excluding hydrogens is 393 g/mol. The number of carbonyl (C=O) groups excluding carboxylic acids is 2. The normalized spacial score (nSPS) is 12.6. The smallest absolute Gasteiger partial charge is 0.340 e. The van der Waals surface area contributed by atoms with Gasteiger partial charge in [-0.25, -0.2) is 0 Å². The minimum absolute atomic E-state index is 0.0584. The molecule has 2 aromatic carbocycles. The van der Waals surface area contributed by atoms with Gasteiger partial charge in [0.05, 0.1) is 10.6 Å². The lowest BCUT2D eigenvalue weighted by Crippen LogP contribution is -2.47. The van der Waals surface area contributed by atoms with Gasteiger partial charge >= 0.3 is 6.18 Å². The van der Waals surface area contributed by atoms with E-state index in [1.807, 2.05) is 6.92 Å². The van der Waals surface area contributed by atoms with Crippen LogP contribution in [-0.2, 0) is 11.0 Å². The molecule has 0 aromatic heterocycles. The predicted octanol–water partition coefficient (Wildman–Crippen LogP) is 5.06. The molecule has 0 aliphatic rings. The molecule has 150 valence electrons. The number of alkyl halides is 3. The Bertz CT molecular complexity index is 865. The van der Waals surface area contributed by atoms with Gasteiger partial charge in [-0.1, -0.05) is 43.1 Å². The van der Waals surface area contributed by atoms with E-state index in [1.54, 1.807) is 38.1 Å². The summed E-state index contributed by atoms with van der Waals surface area (Å²) in [5.41, 5.74) is 0.265. The van der Waals surface area contributed by atoms with Crippen molar-refractivity contribution < 1.29 is 22.8 Å². The van der Waals surface area contributed by atoms with E-state index in [4.69, 9.17) is 11.6 Å². The second-order valence-electron chi connectivity index (χ2n) is 6.74. The lowest BCUT2D eigenvalue weighted by molar-refractivity contribution is -0.137. The van der Waals surface area contributed by atoms with Crippen LogP contribution < -0.4 is 10.6 Å². The first-order chi connectivity index (χ1) is 13.0. The minimum Gasteiger partial charge on any atom is -0.340 e. The molecule has 2 amide bonds. The summed E-state index contributed by atoms with van der Waals surface area (Å²) in [4.78, 5) is 25.0. The van der Waals surface area contributed by atoms with Crippen molar-refractivity contribution in [2.75, 3.05) is 5.32 Å². The van der Waals surface area contributed by atoms with Crippen LogP contribution in [0.4, 0.5) is 18.9 Å². The number of amides is 2. The summed E-state index contributed by atoms with van der Waals surface area (Å²) >= 11 is 5.59. The zero-order valence-corrected chi connectivity index (χ0v) is 16.3. The number of nitrogens with one attached hydrogen (secondary N) is 2. The molecule has 2 aromatic rings. The van der Waals surface area contributed by atoms with Crippen molar-refractivity contribution in [3.8, 4) is 0 Å². The lowest BCUT2D eigenvalue weighted by atomic mass is 10.0. The van der Waals surface area contributed by atoms with Crippen molar-refractivity contribution in [2.24, 2.45) is 5.92 Å². The monoisotopic (exact) mass is 412 g/mol. The molecule has 0 aliphatic carbocycles. The minimum atomic E-state index is -4.64. The van der Waals surface area contributed by atoms with E-state index in [9.17, 15) is 22.8 Å². The van der Waals surface area contributed by atoms with Crippen LogP contribution in [-0.4, -0.2) is 17.9 Å². The van der Waals surface area contributed by atoms with Crippen LogP contribution in [0.3, 0.4) is 0 Å². The SMILES string of the molecule is Cc1ccc(C(=O)N[C@@H](C(=O)Nc2ccc(Cl)c(C(F)(F)F)c2)C(C)C)cc1. The van der Waals surface area contributed by atoms with E-state index >= 15 is 0 Å². The van der Waals surface area contributed by atoms with Gasteiger partial charge in [0.25, 0.3) is 5.91 Å². The zero-order valence-electron chi connectivity index (χ0n) is 15.5. The number of hydrogen-bond acceptors (Lipinski definition) is 2. The first-order valence-corrected chi connectivity index (χ1v) is 8.92. The third kappa shape index (κ3) is 5.48. The molecule has 0 heterocycles. The summed E-state index contributed by atoms with van der Waals surface area (Å²) in [6, 6.07) is 8.98. The highest BCUT2D eigenvalue weighted by Gasteiger charge is 2.34. The maximum atomic E-state index is 13.0. The topological polar surface area (TPSA) is 58.2 Å². The van der Waals surface area contributed by atoms with Gasteiger partial charge in [0.15, 0.2) is 0 Å². The molecule has 8 heteroatoms. The summed E-state index contributed by atoms with van der Waals surface area (Å²) in [5, 5.41) is 4.59. The molecule has 2 N–H and O–H groups in total. The molecule has 0 bridgehead atoms. The van der Waals surface area contributed by atoms with Gasteiger partial charge in [-0.2, -0.15) is 13.2 Å². The number of carbonyl (C=O) groups is 2. The van der Waals surface area contributed by atoms with Crippen LogP contribution >= 0.6 is 11.6 Å². The summed E-state index contributed by atoms with van der Waals surface area (Å²) < 4.78 is 39.0. The van der Waals surface area contributed by atoms with Crippen LogP contribution in [0.5, 0.6) is 0 Å². The fourth-order valence-corrected chi connectivity index (χ4v) is 2.73. The number of anilines is 1. The van der Waals surface area contributed by atoms with Crippen LogP contribution in [0, 0.1) is 12.8 Å². The van der Waals surface area contributed by atoms with Crippen molar-refractivity contribution >= 4 is 29.1 Å². The Balaban J connectivity index is 2.17. The zero-order chi connectivity index (χ0) is 21.1. The first-order valence-electron chi connectivity index (χ1n) is 8.54. The Kier molecular flexibility index (Phi) is 6.72. The molecule has 0 spiro atoms. The Morgan fingerprint density at radius 2 is 1.64 bits per heavy atom. The van der Waals surface area contributed by atoms with E-state index in [1.165, 1.54) is 6.07 Å². The van der Waals surface area contributed by atoms with E-state index in [2.05, 4.69) is 10.6 Å². The molecule has 0 fully saturated rings. The molecule has 0 radical (unpaired) electrons. The highest BCUT2D eigenvalue weighted by atomic mass is 35.5. The standard InChI is InChI=1S/C20H20ClF3N2O2/c1-11(2)17(26-18(27)13-6-4-12(3)5-7-13)19(28)25-14-8-9-16(21)15(10-14)20(22,23)24/h4-11,17H,1-3H3,(H,25,28)(H,26,27)/t17-/m1/s1. The second-order valence-corrected chi connectivity index (χ2v) is 7.15. The molecule has 2 rings (SSSR count). The number of rotatable bonds is 5. The average molecular weight is 413 g/mol. The fourth-order valence-electron chi connectivity index (χ4n) is 2.50. The number of hydrogen-bond donors (Lipinski definition) is 2. The van der Waals surface area contributed by atoms with Gasteiger partial charge < -0.3 is 10.6 Å². The van der Waals surface area contributed by atoms with Crippen LogP contribution in [0.1, 0.15) is 35.3 Å². The first kappa shape index (κ1) is 21.8. The Morgan fingerprint density at radius 3 is 2.18 bits per heavy atom. The van der Waals surface area contributed by atoms with Crippen LogP contribution in [0.2, 0.25) is 5.02 Å². The Hall–Kier alpha value is -2.54. The molecule has 4 nitrogen and oxygen atoms in total. The molecule has 0 saturated heterocycles. The van der Waals surface area contributed by atoms with Crippen molar-refractivity contribution in [1.82, 2.24) is 5.32 Å². The number of aryl methyl sites for hydroxylation is 1. The van der Waals surface area contributed by atoms with Crippen molar-refractivity contribution in [1.29, 1.82) is 0 Å². The van der Waals surface area contributed by atoms with Crippen molar-refractivity contribution in [2.45, 2.75) is 33.0 Å². The summed E-state index contributed by atoms with van der Waals surface area (Å²) in [6.45, 7) is 5.33. The maximum Gasteiger partial charge on any atom is 0.417 e. The van der Waals surface area contributed by atoms with Crippen molar-refractivity contribution in [3.05, 3.63) is 64.2 Å². The van der Waals surface area contributed by atoms with Gasteiger partial charge in [-0.05, 0) is 43.2 Å². The highest BCUT2D eigenvalue weighted by Crippen LogP contribution is 2.36. The third-order valence-corrected chi connectivity index (χ3v) is 4.42. The van der Waals surface area contributed by atoms with Crippen LogP contribution in [0.25, 0.3) is 0 Å². The van der Waals surface area contributed by atoms with E-state index < -0.39 is 34.6 Å². The van der Waals surface area contributed by atoms with Gasteiger partial charge in [0.1, 0.15) is 6.04 Å².